The van der Waals surface area contributed by atoms with Crippen molar-refractivity contribution in [3.05, 3.63) is 59.7 Å². The van der Waals surface area contributed by atoms with E-state index in [0.717, 1.165) is 17.7 Å². The van der Waals surface area contributed by atoms with Crippen molar-refractivity contribution in [2.45, 2.75) is 19.4 Å². The van der Waals surface area contributed by atoms with Gasteiger partial charge < -0.3 is 20.5 Å². The van der Waals surface area contributed by atoms with Gasteiger partial charge >= 0.3 is 6.03 Å². The minimum atomic E-state index is -0.834. The number of carbonyl (C=O) groups is 1. The van der Waals surface area contributed by atoms with Crippen LogP contribution >= 0.6 is 0 Å². The Kier molecular flexibility index (Phi) is 6.00. The van der Waals surface area contributed by atoms with Gasteiger partial charge in [-0.15, -0.1) is 0 Å². The van der Waals surface area contributed by atoms with Gasteiger partial charge in [-0.05, 0) is 30.2 Å². The maximum absolute atomic E-state index is 11.9. The number of para-hydroxylation sites is 1. The Bertz CT molecular complexity index is 658. The molecular weight excluding hydrogens is 292 g/mol. The average Bonchev–Trinajstić information content (AvgIpc) is 2.59. The SMILES string of the molecule is CCc1cccc(NC(=O)NC[C@H](O)c2ccccc2OC)c1. The van der Waals surface area contributed by atoms with Crippen LogP contribution in [0.3, 0.4) is 0 Å². The second-order valence-electron chi connectivity index (χ2n) is 5.15. The van der Waals surface area contributed by atoms with Gasteiger partial charge in [-0.2, -0.15) is 0 Å². The number of hydrogen-bond acceptors (Lipinski definition) is 3. The predicted octanol–water partition coefficient (Wildman–Crippen LogP) is 3.11. The number of benzene rings is 2. The van der Waals surface area contributed by atoms with Gasteiger partial charge in [-0.25, -0.2) is 4.79 Å². The number of aliphatic hydroxyl groups is 1. The minimum Gasteiger partial charge on any atom is -0.496 e. The number of anilines is 1. The molecule has 0 aromatic heterocycles. The molecule has 2 amide bonds. The molecule has 0 radical (unpaired) electrons. The summed E-state index contributed by atoms with van der Waals surface area (Å²) in [5.41, 5.74) is 2.52. The van der Waals surface area contributed by atoms with Gasteiger partial charge in [0.25, 0.3) is 0 Å². The highest BCUT2D eigenvalue weighted by atomic mass is 16.5. The molecular formula is C18H22N2O3. The van der Waals surface area contributed by atoms with Gasteiger partial charge in [-0.1, -0.05) is 37.3 Å². The Balaban J connectivity index is 1.90. The van der Waals surface area contributed by atoms with Crippen LogP contribution in [0.25, 0.3) is 0 Å². The Labute approximate surface area is 136 Å². The molecule has 0 saturated heterocycles. The van der Waals surface area contributed by atoms with Gasteiger partial charge in [0.05, 0.1) is 13.2 Å². The topological polar surface area (TPSA) is 70.6 Å². The molecule has 0 unspecified atom stereocenters. The van der Waals surface area contributed by atoms with Crippen LogP contribution in [0.1, 0.15) is 24.2 Å². The summed E-state index contributed by atoms with van der Waals surface area (Å²) in [7, 11) is 1.55. The average molecular weight is 314 g/mol. The molecule has 0 heterocycles. The first-order valence-electron chi connectivity index (χ1n) is 7.58. The first-order chi connectivity index (χ1) is 11.1. The Morgan fingerprint density at radius 1 is 1.22 bits per heavy atom. The summed E-state index contributed by atoms with van der Waals surface area (Å²) in [6.45, 7) is 2.16. The lowest BCUT2D eigenvalue weighted by atomic mass is 10.1. The van der Waals surface area contributed by atoms with E-state index in [0.29, 0.717) is 11.3 Å². The fourth-order valence-electron chi connectivity index (χ4n) is 2.29. The highest BCUT2D eigenvalue weighted by molar-refractivity contribution is 5.89. The van der Waals surface area contributed by atoms with E-state index in [1.54, 1.807) is 19.2 Å². The van der Waals surface area contributed by atoms with Crippen LogP contribution in [0, 0.1) is 0 Å². The van der Waals surface area contributed by atoms with Gasteiger partial charge in [0.2, 0.25) is 0 Å². The van der Waals surface area contributed by atoms with Crippen molar-refractivity contribution < 1.29 is 14.6 Å². The number of amides is 2. The van der Waals surface area contributed by atoms with E-state index in [1.807, 2.05) is 36.4 Å². The molecule has 0 spiro atoms. The van der Waals surface area contributed by atoms with Crippen molar-refractivity contribution in [2.75, 3.05) is 19.0 Å². The van der Waals surface area contributed by atoms with E-state index in [-0.39, 0.29) is 12.6 Å². The number of aryl methyl sites for hydroxylation is 1. The quantitative estimate of drug-likeness (QED) is 0.767. The van der Waals surface area contributed by atoms with Crippen LogP contribution in [-0.4, -0.2) is 24.8 Å². The van der Waals surface area contributed by atoms with E-state index in [4.69, 9.17) is 4.74 Å². The number of rotatable bonds is 6. The van der Waals surface area contributed by atoms with Crippen LogP contribution < -0.4 is 15.4 Å². The monoisotopic (exact) mass is 314 g/mol. The summed E-state index contributed by atoms with van der Waals surface area (Å²) in [5.74, 6) is 0.595. The number of urea groups is 1. The first-order valence-corrected chi connectivity index (χ1v) is 7.58. The molecule has 2 aromatic carbocycles. The van der Waals surface area contributed by atoms with Gasteiger partial charge in [0.15, 0.2) is 0 Å². The predicted molar refractivity (Wildman–Crippen MR) is 90.8 cm³/mol. The first kappa shape index (κ1) is 16.8. The summed E-state index contributed by atoms with van der Waals surface area (Å²) in [5, 5.41) is 15.6. The van der Waals surface area contributed by atoms with E-state index < -0.39 is 6.10 Å². The molecule has 0 aliphatic rings. The zero-order chi connectivity index (χ0) is 16.7. The fraction of sp³-hybridized carbons (Fsp3) is 0.278. The van der Waals surface area contributed by atoms with Crippen molar-refractivity contribution in [2.24, 2.45) is 0 Å². The van der Waals surface area contributed by atoms with Crippen molar-refractivity contribution in [3.63, 3.8) is 0 Å². The standard InChI is InChI=1S/C18H22N2O3/c1-3-13-7-6-8-14(11-13)20-18(22)19-12-16(21)15-9-4-5-10-17(15)23-2/h4-11,16,21H,3,12H2,1-2H3,(H2,19,20,22)/t16-/m0/s1. The third kappa shape index (κ3) is 4.72. The summed E-state index contributed by atoms with van der Waals surface area (Å²) < 4.78 is 5.21. The molecule has 0 fully saturated rings. The Morgan fingerprint density at radius 3 is 2.74 bits per heavy atom. The van der Waals surface area contributed by atoms with E-state index in [2.05, 4.69) is 17.6 Å². The number of nitrogens with one attached hydrogen (secondary N) is 2. The van der Waals surface area contributed by atoms with E-state index in [1.165, 1.54) is 0 Å². The van der Waals surface area contributed by atoms with E-state index >= 15 is 0 Å². The van der Waals surface area contributed by atoms with Crippen molar-refractivity contribution in [1.29, 1.82) is 0 Å². The highest BCUT2D eigenvalue weighted by Gasteiger charge is 2.13. The normalized spacial score (nSPS) is 11.6. The number of carbonyl (C=O) groups excluding carboxylic acids is 1. The largest absolute Gasteiger partial charge is 0.496 e. The van der Waals surface area contributed by atoms with Crippen LogP contribution in [-0.2, 0) is 6.42 Å². The Hall–Kier alpha value is -2.53. The Morgan fingerprint density at radius 2 is 2.00 bits per heavy atom. The molecule has 122 valence electrons. The number of aliphatic hydroxyl groups excluding tert-OH is 1. The van der Waals surface area contributed by atoms with Crippen LogP contribution in [0.15, 0.2) is 48.5 Å². The summed E-state index contributed by atoms with van der Waals surface area (Å²) in [6, 6.07) is 14.5. The lowest BCUT2D eigenvalue weighted by molar-refractivity contribution is 0.171. The van der Waals surface area contributed by atoms with Crippen LogP contribution in [0.2, 0.25) is 0 Å². The molecule has 2 aromatic rings. The second-order valence-corrected chi connectivity index (χ2v) is 5.15. The summed E-state index contributed by atoms with van der Waals surface area (Å²) >= 11 is 0. The molecule has 5 nitrogen and oxygen atoms in total. The van der Waals surface area contributed by atoms with Crippen molar-refractivity contribution in [1.82, 2.24) is 5.32 Å². The maximum Gasteiger partial charge on any atom is 0.319 e. The van der Waals surface area contributed by atoms with Crippen molar-refractivity contribution in [3.8, 4) is 5.75 Å². The molecule has 0 aliphatic heterocycles. The molecule has 5 heteroatoms. The third-order valence-electron chi connectivity index (χ3n) is 3.55. The molecule has 0 saturated carbocycles. The van der Waals surface area contributed by atoms with Crippen LogP contribution in [0.5, 0.6) is 5.75 Å². The van der Waals surface area contributed by atoms with Gasteiger partial charge in [-0.3, -0.25) is 0 Å². The van der Waals surface area contributed by atoms with Gasteiger partial charge in [0.1, 0.15) is 5.75 Å². The summed E-state index contributed by atoms with van der Waals surface area (Å²) in [6.07, 6.45) is 0.0720. The zero-order valence-electron chi connectivity index (χ0n) is 13.4. The molecule has 1 atom stereocenters. The highest BCUT2D eigenvalue weighted by Crippen LogP contribution is 2.24. The lowest BCUT2D eigenvalue weighted by Gasteiger charge is -2.15. The number of methoxy groups -OCH3 is 1. The maximum atomic E-state index is 11.9. The number of ether oxygens (including phenoxy) is 1. The van der Waals surface area contributed by atoms with Gasteiger partial charge in [0, 0.05) is 17.8 Å². The van der Waals surface area contributed by atoms with Crippen molar-refractivity contribution >= 4 is 11.7 Å². The van der Waals surface area contributed by atoms with Crippen LogP contribution in [0.4, 0.5) is 10.5 Å². The molecule has 2 rings (SSSR count). The van der Waals surface area contributed by atoms with E-state index in [9.17, 15) is 9.90 Å². The lowest BCUT2D eigenvalue weighted by Crippen LogP contribution is -2.32. The fourth-order valence-corrected chi connectivity index (χ4v) is 2.29. The molecule has 3 N–H and O–H groups in total. The molecule has 23 heavy (non-hydrogen) atoms. The molecule has 0 bridgehead atoms. The zero-order valence-corrected chi connectivity index (χ0v) is 13.4. The second kappa shape index (κ2) is 8.19. The molecule has 0 aliphatic carbocycles. The smallest absolute Gasteiger partial charge is 0.319 e. The third-order valence-corrected chi connectivity index (χ3v) is 3.55. The number of hydrogen-bond donors (Lipinski definition) is 3. The minimum absolute atomic E-state index is 0.0969. The summed E-state index contributed by atoms with van der Waals surface area (Å²) in [4.78, 5) is 11.9.